The number of hydrogen-bond acceptors (Lipinski definition) is 4. The maximum Gasteiger partial charge on any atom is 0.458 e. The van der Waals surface area contributed by atoms with Crippen molar-refractivity contribution >= 4 is 5.71 Å². The molecule has 1 N–H and O–H groups in total. The predicted molar refractivity (Wildman–Crippen MR) is 76.7 cm³/mol. The van der Waals surface area contributed by atoms with Crippen molar-refractivity contribution in [3.63, 3.8) is 0 Å². The van der Waals surface area contributed by atoms with E-state index in [1.54, 1.807) is 30.3 Å². The molecule has 8 heteroatoms. The molecule has 4 nitrogen and oxygen atoms in total. The van der Waals surface area contributed by atoms with E-state index in [1.807, 2.05) is 0 Å². The van der Waals surface area contributed by atoms with Gasteiger partial charge in [0.25, 0.3) is 0 Å². The molecular weight excluding hydrogens is 328 g/mol. The Balaban J connectivity index is 1.72. The van der Waals surface area contributed by atoms with Crippen LogP contribution in [-0.4, -0.2) is 27.8 Å². The van der Waals surface area contributed by atoms with Gasteiger partial charge in [-0.2, -0.15) is 17.6 Å². The van der Waals surface area contributed by atoms with Crippen molar-refractivity contribution in [2.75, 3.05) is 0 Å². The number of halogens is 4. The Morgan fingerprint density at radius 2 is 1.83 bits per heavy atom. The Morgan fingerprint density at radius 1 is 1.12 bits per heavy atom. The molecule has 1 aromatic heterocycles. The minimum Gasteiger partial charge on any atom is -0.350 e. The maximum atomic E-state index is 13.1. The Labute approximate surface area is 134 Å². The number of hydrogen-bond donors (Lipinski definition) is 1. The fourth-order valence-electron chi connectivity index (χ4n) is 2.33. The average Bonchev–Trinajstić information content (AvgIpc) is 2.92. The highest BCUT2D eigenvalue weighted by Crippen LogP contribution is 2.38. The van der Waals surface area contributed by atoms with Crippen molar-refractivity contribution in [1.82, 2.24) is 4.98 Å². The first kappa shape index (κ1) is 16.4. The van der Waals surface area contributed by atoms with Crippen LogP contribution >= 0.6 is 0 Å². The smallest absolute Gasteiger partial charge is 0.350 e. The molecule has 24 heavy (non-hydrogen) atoms. The van der Waals surface area contributed by atoms with E-state index in [0.717, 1.165) is 11.1 Å². The van der Waals surface area contributed by atoms with Crippen LogP contribution in [-0.2, 0) is 11.3 Å². The Morgan fingerprint density at radius 3 is 2.42 bits per heavy atom. The lowest BCUT2D eigenvalue weighted by Crippen LogP contribution is -2.45. The van der Waals surface area contributed by atoms with Crippen LogP contribution in [0, 0.1) is 5.95 Å². The van der Waals surface area contributed by atoms with Gasteiger partial charge in [0.15, 0.2) is 0 Å². The van der Waals surface area contributed by atoms with Crippen molar-refractivity contribution in [2.45, 2.75) is 24.8 Å². The molecule has 0 radical (unpaired) electrons. The minimum atomic E-state index is -4.93. The molecule has 2 heterocycles. The molecule has 0 fully saturated rings. The van der Waals surface area contributed by atoms with Crippen LogP contribution in [0.15, 0.2) is 47.8 Å². The number of benzene rings is 1. The van der Waals surface area contributed by atoms with Gasteiger partial charge in [-0.3, -0.25) is 0 Å². The van der Waals surface area contributed by atoms with Crippen molar-refractivity contribution in [3.8, 4) is 0 Å². The summed E-state index contributed by atoms with van der Waals surface area (Å²) < 4.78 is 51.1. The molecule has 1 aliphatic rings. The van der Waals surface area contributed by atoms with E-state index >= 15 is 0 Å². The topological polar surface area (TPSA) is 54.7 Å². The molecule has 0 bridgehead atoms. The minimum absolute atomic E-state index is 0.0105. The van der Waals surface area contributed by atoms with Crippen LogP contribution in [0.5, 0.6) is 0 Å². The largest absolute Gasteiger partial charge is 0.458 e. The van der Waals surface area contributed by atoms with Gasteiger partial charge in [0, 0.05) is 6.20 Å². The van der Waals surface area contributed by atoms with Crippen molar-refractivity contribution in [3.05, 3.63) is 65.2 Å². The highest BCUT2D eigenvalue weighted by molar-refractivity contribution is 6.01. The molecule has 0 aliphatic carbocycles. The quantitative estimate of drug-likeness (QED) is 0.690. The standard InChI is InChI=1S/C16H12F4N2O2/c17-14-8-11(5-6-21-14)7-10-1-3-12(4-2-10)13-9-15(23,24-22-13)16(18,19)20/h1-6,8,23H,7,9H2. The third-order valence-electron chi connectivity index (χ3n) is 3.64. The molecule has 0 spiro atoms. The molecule has 0 amide bonds. The number of alkyl halides is 3. The number of aromatic nitrogens is 1. The highest BCUT2D eigenvalue weighted by atomic mass is 19.4. The third-order valence-corrected chi connectivity index (χ3v) is 3.64. The van der Waals surface area contributed by atoms with Gasteiger partial charge < -0.3 is 9.94 Å². The number of aliphatic hydroxyl groups is 1. The Kier molecular flexibility index (Phi) is 4.00. The van der Waals surface area contributed by atoms with Gasteiger partial charge in [-0.15, -0.1) is 0 Å². The van der Waals surface area contributed by atoms with E-state index in [2.05, 4.69) is 15.0 Å². The fraction of sp³-hybridized carbons (Fsp3) is 0.250. The van der Waals surface area contributed by atoms with Crippen LogP contribution in [0.4, 0.5) is 17.6 Å². The number of pyridine rings is 1. The zero-order valence-electron chi connectivity index (χ0n) is 12.2. The molecule has 1 aromatic carbocycles. The number of nitrogens with zero attached hydrogens (tertiary/aromatic N) is 2. The second-order valence-electron chi connectivity index (χ2n) is 5.45. The third kappa shape index (κ3) is 3.23. The normalized spacial score (nSPS) is 20.6. The molecule has 3 rings (SSSR count). The first-order chi connectivity index (χ1) is 11.3. The monoisotopic (exact) mass is 340 g/mol. The molecule has 1 aliphatic heterocycles. The van der Waals surface area contributed by atoms with E-state index in [4.69, 9.17) is 0 Å². The van der Waals surface area contributed by atoms with Gasteiger partial charge in [0.1, 0.15) is 0 Å². The molecule has 0 saturated carbocycles. The zero-order valence-corrected chi connectivity index (χ0v) is 12.2. The van der Waals surface area contributed by atoms with E-state index < -0.39 is 24.3 Å². The van der Waals surface area contributed by atoms with Crippen molar-refractivity contribution in [1.29, 1.82) is 0 Å². The molecule has 0 saturated heterocycles. The molecule has 126 valence electrons. The van der Waals surface area contributed by atoms with Crippen LogP contribution in [0.2, 0.25) is 0 Å². The second kappa shape index (κ2) is 5.86. The fourth-order valence-corrected chi connectivity index (χ4v) is 2.33. The van der Waals surface area contributed by atoms with E-state index in [-0.39, 0.29) is 5.71 Å². The van der Waals surface area contributed by atoms with Crippen molar-refractivity contribution < 1.29 is 27.5 Å². The highest BCUT2D eigenvalue weighted by Gasteiger charge is 2.60. The van der Waals surface area contributed by atoms with Crippen LogP contribution in [0.3, 0.4) is 0 Å². The summed E-state index contributed by atoms with van der Waals surface area (Å²) in [6, 6.07) is 9.54. The first-order valence-corrected chi connectivity index (χ1v) is 7.01. The molecular formula is C16H12F4N2O2. The van der Waals surface area contributed by atoms with E-state index in [9.17, 15) is 22.7 Å². The summed E-state index contributed by atoms with van der Waals surface area (Å²) in [6.07, 6.45) is -3.88. The van der Waals surface area contributed by atoms with E-state index in [0.29, 0.717) is 12.0 Å². The predicted octanol–water partition coefficient (Wildman–Crippen LogP) is 3.19. The van der Waals surface area contributed by atoms with Crippen molar-refractivity contribution in [2.24, 2.45) is 5.16 Å². The maximum absolute atomic E-state index is 13.1. The summed E-state index contributed by atoms with van der Waals surface area (Å²) in [5.74, 6) is -3.86. The van der Waals surface area contributed by atoms with Gasteiger partial charge in [0.05, 0.1) is 12.1 Å². The second-order valence-corrected chi connectivity index (χ2v) is 5.45. The Hall–Kier alpha value is -2.48. The van der Waals surface area contributed by atoms with Crippen LogP contribution < -0.4 is 0 Å². The van der Waals surface area contributed by atoms with Gasteiger partial charge >= 0.3 is 12.0 Å². The molecule has 1 unspecified atom stereocenters. The Bertz CT molecular complexity index is 774. The van der Waals surface area contributed by atoms with Gasteiger partial charge in [-0.05, 0) is 35.2 Å². The number of oxime groups is 1. The van der Waals surface area contributed by atoms with Gasteiger partial charge in [-0.25, -0.2) is 4.98 Å². The summed E-state index contributed by atoms with van der Waals surface area (Å²) in [7, 11) is 0. The van der Waals surface area contributed by atoms with E-state index in [1.165, 1.54) is 12.3 Å². The SMILES string of the molecule is OC1(C(F)(F)F)CC(c2ccc(Cc3ccnc(F)c3)cc2)=NO1. The summed E-state index contributed by atoms with van der Waals surface area (Å²) in [4.78, 5) is 7.65. The van der Waals surface area contributed by atoms with Gasteiger partial charge in [0.2, 0.25) is 5.95 Å². The zero-order chi connectivity index (χ0) is 17.4. The lowest BCUT2D eigenvalue weighted by atomic mass is 9.99. The molecule has 1 atom stereocenters. The summed E-state index contributed by atoms with van der Waals surface area (Å²) >= 11 is 0. The summed E-state index contributed by atoms with van der Waals surface area (Å²) in [6.45, 7) is 0. The summed E-state index contributed by atoms with van der Waals surface area (Å²) in [5.41, 5.74) is 1.99. The molecule has 2 aromatic rings. The summed E-state index contributed by atoms with van der Waals surface area (Å²) in [5, 5.41) is 12.8. The van der Waals surface area contributed by atoms with Crippen LogP contribution in [0.25, 0.3) is 0 Å². The lowest BCUT2D eigenvalue weighted by molar-refractivity contribution is -0.355. The number of rotatable bonds is 3. The van der Waals surface area contributed by atoms with Crippen LogP contribution in [0.1, 0.15) is 23.1 Å². The lowest BCUT2D eigenvalue weighted by Gasteiger charge is -2.22. The first-order valence-electron chi connectivity index (χ1n) is 7.01. The van der Waals surface area contributed by atoms with Gasteiger partial charge in [-0.1, -0.05) is 29.4 Å². The average molecular weight is 340 g/mol.